The van der Waals surface area contributed by atoms with E-state index in [0.29, 0.717) is 16.8 Å². The molecular formula is C12H14BrN5O. The van der Waals surface area contributed by atoms with Crippen LogP contribution in [0.3, 0.4) is 0 Å². The summed E-state index contributed by atoms with van der Waals surface area (Å²) in [5.41, 5.74) is 3.45. The third kappa shape index (κ3) is 3.37. The van der Waals surface area contributed by atoms with Crippen LogP contribution in [0.1, 0.15) is 27.4 Å². The molecule has 0 saturated heterocycles. The van der Waals surface area contributed by atoms with Crippen molar-refractivity contribution in [1.29, 1.82) is 0 Å². The molecule has 2 rings (SSSR count). The molecule has 0 aliphatic heterocycles. The monoisotopic (exact) mass is 323 g/mol. The number of carbonyl (C=O) groups is 1. The lowest BCUT2D eigenvalue weighted by molar-refractivity contribution is 0.0948. The second-order valence-corrected chi connectivity index (χ2v) is 4.96. The highest BCUT2D eigenvalue weighted by atomic mass is 79.9. The van der Waals surface area contributed by atoms with E-state index in [9.17, 15) is 4.79 Å². The lowest BCUT2D eigenvalue weighted by Gasteiger charge is -2.04. The fourth-order valence-corrected chi connectivity index (χ4v) is 1.97. The summed E-state index contributed by atoms with van der Waals surface area (Å²) in [7, 11) is 0. The minimum atomic E-state index is -0.223. The molecule has 0 radical (unpaired) electrons. The zero-order valence-electron chi connectivity index (χ0n) is 10.7. The Bertz CT molecular complexity index is 559. The van der Waals surface area contributed by atoms with Gasteiger partial charge in [0.25, 0.3) is 5.91 Å². The highest BCUT2D eigenvalue weighted by molar-refractivity contribution is 9.10. The van der Waals surface area contributed by atoms with Crippen LogP contribution in [-0.4, -0.2) is 32.6 Å². The average molecular weight is 324 g/mol. The number of aromatic nitrogens is 4. The minimum Gasteiger partial charge on any atom is -0.350 e. The van der Waals surface area contributed by atoms with E-state index in [-0.39, 0.29) is 5.91 Å². The summed E-state index contributed by atoms with van der Waals surface area (Å²) < 4.78 is 0.605. The van der Waals surface area contributed by atoms with Crippen LogP contribution < -0.4 is 5.32 Å². The Morgan fingerprint density at radius 3 is 2.74 bits per heavy atom. The van der Waals surface area contributed by atoms with Gasteiger partial charge in [-0.05, 0) is 41.8 Å². The maximum absolute atomic E-state index is 11.8. The number of halogens is 1. The van der Waals surface area contributed by atoms with Crippen molar-refractivity contribution in [1.82, 2.24) is 25.5 Å². The van der Waals surface area contributed by atoms with Crippen LogP contribution >= 0.6 is 15.9 Å². The van der Waals surface area contributed by atoms with Gasteiger partial charge in [-0.25, -0.2) is 9.97 Å². The van der Waals surface area contributed by atoms with Crippen molar-refractivity contribution in [2.24, 2.45) is 0 Å². The van der Waals surface area contributed by atoms with Crippen molar-refractivity contribution in [3.8, 4) is 0 Å². The van der Waals surface area contributed by atoms with Gasteiger partial charge in [0.05, 0.1) is 18.1 Å². The summed E-state index contributed by atoms with van der Waals surface area (Å²) in [5.74, 6) is -0.223. The van der Waals surface area contributed by atoms with E-state index in [2.05, 4.69) is 41.4 Å². The maximum Gasteiger partial charge on any atom is 0.271 e. The van der Waals surface area contributed by atoms with E-state index >= 15 is 0 Å². The summed E-state index contributed by atoms with van der Waals surface area (Å²) in [6, 6.07) is 0. The normalized spacial score (nSPS) is 10.5. The lowest BCUT2D eigenvalue weighted by atomic mass is 10.1. The molecule has 2 aromatic rings. The van der Waals surface area contributed by atoms with Crippen LogP contribution in [0.25, 0.3) is 0 Å². The molecule has 0 bridgehead atoms. The van der Waals surface area contributed by atoms with Gasteiger partial charge in [0.15, 0.2) is 0 Å². The Hall–Kier alpha value is -1.76. The number of rotatable bonds is 4. The number of hydrogen-bond donors (Lipinski definition) is 2. The summed E-state index contributed by atoms with van der Waals surface area (Å²) >= 11 is 3.17. The molecule has 2 N–H and O–H groups in total. The van der Waals surface area contributed by atoms with Crippen molar-refractivity contribution < 1.29 is 4.79 Å². The fraction of sp³-hybridized carbons (Fsp3) is 0.333. The Labute approximate surface area is 119 Å². The fourth-order valence-electron chi connectivity index (χ4n) is 1.76. The molecule has 19 heavy (non-hydrogen) atoms. The average Bonchev–Trinajstić information content (AvgIpc) is 2.71. The Morgan fingerprint density at radius 2 is 2.16 bits per heavy atom. The van der Waals surface area contributed by atoms with E-state index in [4.69, 9.17) is 0 Å². The van der Waals surface area contributed by atoms with E-state index in [1.54, 1.807) is 0 Å². The van der Waals surface area contributed by atoms with Gasteiger partial charge in [-0.2, -0.15) is 5.10 Å². The molecule has 0 saturated carbocycles. The molecule has 100 valence electrons. The van der Waals surface area contributed by atoms with Gasteiger partial charge in [-0.15, -0.1) is 0 Å². The second kappa shape index (κ2) is 5.92. The van der Waals surface area contributed by atoms with E-state index in [1.807, 2.05) is 13.8 Å². The van der Waals surface area contributed by atoms with Crippen LogP contribution in [0.2, 0.25) is 0 Å². The first kappa shape index (κ1) is 13.7. The largest absolute Gasteiger partial charge is 0.350 e. The molecule has 2 aromatic heterocycles. The van der Waals surface area contributed by atoms with Crippen molar-refractivity contribution in [3.63, 3.8) is 0 Å². The van der Waals surface area contributed by atoms with Crippen molar-refractivity contribution >= 4 is 21.8 Å². The number of nitrogens with one attached hydrogen (secondary N) is 2. The van der Waals surface area contributed by atoms with Gasteiger partial charge in [0.1, 0.15) is 10.3 Å². The van der Waals surface area contributed by atoms with Crippen molar-refractivity contribution in [2.75, 3.05) is 6.54 Å². The van der Waals surface area contributed by atoms with Gasteiger partial charge in [0, 0.05) is 12.2 Å². The molecule has 0 unspecified atom stereocenters. The minimum absolute atomic E-state index is 0.223. The third-order valence-electron chi connectivity index (χ3n) is 2.79. The molecule has 2 heterocycles. The number of H-pyrrole nitrogens is 1. The number of nitrogens with zero attached hydrogens (tertiary/aromatic N) is 3. The second-order valence-electron chi connectivity index (χ2n) is 4.14. The number of hydrogen-bond acceptors (Lipinski definition) is 4. The molecule has 0 fully saturated rings. The Morgan fingerprint density at radius 1 is 1.37 bits per heavy atom. The molecule has 7 heteroatoms. The first-order valence-electron chi connectivity index (χ1n) is 5.84. The lowest BCUT2D eigenvalue weighted by Crippen LogP contribution is -2.26. The van der Waals surface area contributed by atoms with Crippen LogP contribution in [0.4, 0.5) is 0 Å². The number of aromatic amines is 1. The SMILES string of the molecule is Cc1n[nH]c(C)c1CCNC(=O)c1cnc(Br)cn1. The molecule has 0 aliphatic carbocycles. The van der Waals surface area contributed by atoms with E-state index < -0.39 is 0 Å². The highest BCUT2D eigenvalue weighted by Gasteiger charge is 2.09. The molecule has 0 atom stereocenters. The molecular weight excluding hydrogens is 310 g/mol. The standard InChI is InChI=1S/C12H14BrN5O/c1-7-9(8(2)18-17-7)3-4-14-12(19)10-5-16-11(13)6-15-10/h5-6H,3-4H2,1-2H3,(H,14,19)(H,17,18). The Kier molecular flexibility index (Phi) is 4.26. The maximum atomic E-state index is 11.8. The van der Waals surface area contributed by atoms with Gasteiger partial charge < -0.3 is 5.32 Å². The first-order chi connectivity index (χ1) is 9.08. The Balaban J connectivity index is 1.89. The van der Waals surface area contributed by atoms with Crippen molar-refractivity contribution in [3.05, 3.63) is 39.6 Å². The van der Waals surface area contributed by atoms with E-state index in [1.165, 1.54) is 12.4 Å². The summed E-state index contributed by atoms with van der Waals surface area (Å²) in [6.07, 6.45) is 3.68. The summed E-state index contributed by atoms with van der Waals surface area (Å²) in [4.78, 5) is 19.8. The smallest absolute Gasteiger partial charge is 0.271 e. The summed E-state index contributed by atoms with van der Waals surface area (Å²) in [5, 5.41) is 9.85. The third-order valence-corrected chi connectivity index (χ3v) is 3.20. The zero-order valence-corrected chi connectivity index (χ0v) is 12.3. The van der Waals surface area contributed by atoms with Gasteiger partial charge >= 0.3 is 0 Å². The molecule has 0 aliphatic rings. The molecule has 0 aromatic carbocycles. The van der Waals surface area contributed by atoms with Gasteiger partial charge in [0.2, 0.25) is 0 Å². The van der Waals surface area contributed by atoms with Crippen LogP contribution in [0.5, 0.6) is 0 Å². The van der Waals surface area contributed by atoms with Gasteiger partial charge in [-0.1, -0.05) is 0 Å². The quantitative estimate of drug-likeness (QED) is 0.894. The zero-order chi connectivity index (χ0) is 13.8. The first-order valence-corrected chi connectivity index (χ1v) is 6.63. The summed E-state index contributed by atoms with van der Waals surface area (Å²) in [6.45, 7) is 4.45. The van der Waals surface area contributed by atoms with Crippen LogP contribution in [0, 0.1) is 13.8 Å². The molecule has 0 spiro atoms. The van der Waals surface area contributed by atoms with Crippen LogP contribution in [0.15, 0.2) is 17.0 Å². The topological polar surface area (TPSA) is 83.6 Å². The molecule has 1 amide bonds. The molecule has 6 nitrogen and oxygen atoms in total. The van der Waals surface area contributed by atoms with Gasteiger partial charge in [-0.3, -0.25) is 9.89 Å². The predicted molar refractivity (Wildman–Crippen MR) is 73.8 cm³/mol. The van der Waals surface area contributed by atoms with E-state index in [0.717, 1.165) is 23.4 Å². The highest BCUT2D eigenvalue weighted by Crippen LogP contribution is 2.09. The number of amides is 1. The number of carbonyl (C=O) groups excluding carboxylic acids is 1. The van der Waals surface area contributed by atoms with Crippen molar-refractivity contribution in [2.45, 2.75) is 20.3 Å². The predicted octanol–water partition coefficient (Wildman–Crippen LogP) is 1.55. The van der Waals surface area contributed by atoms with Crippen LogP contribution in [-0.2, 0) is 6.42 Å². The number of aryl methyl sites for hydroxylation is 2.